The summed E-state index contributed by atoms with van der Waals surface area (Å²) in [5.41, 5.74) is 2.93. The van der Waals surface area contributed by atoms with Crippen LogP contribution in [0.3, 0.4) is 0 Å². The maximum absolute atomic E-state index is 5.50. The van der Waals surface area contributed by atoms with Crippen molar-refractivity contribution in [3.8, 4) is 0 Å². The number of ether oxygens (including phenoxy) is 1. The van der Waals surface area contributed by atoms with Gasteiger partial charge in [0.2, 0.25) is 0 Å². The number of rotatable bonds is 0. The van der Waals surface area contributed by atoms with Crippen molar-refractivity contribution in [2.24, 2.45) is 0 Å². The average molecular weight is 146 g/mol. The number of epoxide rings is 1. The lowest BCUT2D eigenvalue weighted by atomic mass is 9.92. The Morgan fingerprint density at radius 3 is 3.18 bits per heavy atom. The molecule has 2 atom stereocenters. The summed E-state index contributed by atoms with van der Waals surface area (Å²) >= 11 is 0. The predicted octanol–water partition coefficient (Wildman–Crippen LogP) is 2.07. The van der Waals surface area contributed by atoms with E-state index in [9.17, 15) is 0 Å². The zero-order chi connectivity index (χ0) is 7.26. The summed E-state index contributed by atoms with van der Waals surface area (Å²) in [5, 5.41) is 0. The summed E-state index contributed by atoms with van der Waals surface area (Å²) in [6.45, 7) is 0. The summed E-state index contributed by atoms with van der Waals surface area (Å²) in [6.07, 6.45) is 3.45. The van der Waals surface area contributed by atoms with Gasteiger partial charge < -0.3 is 4.74 Å². The largest absolute Gasteiger partial charge is 0.364 e. The fourth-order valence-electron chi connectivity index (χ4n) is 1.97. The third-order valence-electron chi connectivity index (χ3n) is 2.64. The Morgan fingerprint density at radius 2 is 2.18 bits per heavy atom. The zero-order valence-electron chi connectivity index (χ0n) is 6.29. The van der Waals surface area contributed by atoms with Crippen molar-refractivity contribution < 1.29 is 4.74 Å². The topological polar surface area (TPSA) is 12.5 Å². The molecule has 1 fully saturated rings. The van der Waals surface area contributed by atoms with Crippen LogP contribution in [0.1, 0.15) is 23.7 Å². The molecule has 0 saturated carbocycles. The van der Waals surface area contributed by atoms with E-state index in [4.69, 9.17) is 4.74 Å². The molecule has 1 aromatic rings. The van der Waals surface area contributed by atoms with Crippen LogP contribution in [-0.2, 0) is 11.2 Å². The Kier molecular flexibility index (Phi) is 0.977. The molecule has 3 rings (SSSR count). The standard InChI is InChI=1S/C10H10O/c1-2-4-8-7(3-1)5-6-9-10(8)11-9/h1-4,9-10H,5-6H2/t9-,10?/m0/s1. The van der Waals surface area contributed by atoms with Gasteiger partial charge in [0.25, 0.3) is 0 Å². The number of aryl methyl sites for hydroxylation is 1. The van der Waals surface area contributed by atoms with Crippen molar-refractivity contribution >= 4 is 0 Å². The van der Waals surface area contributed by atoms with E-state index in [1.165, 1.54) is 24.0 Å². The Labute approximate surface area is 66.0 Å². The third kappa shape index (κ3) is 0.746. The molecule has 0 radical (unpaired) electrons. The molecule has 0 N–H and O–H groups in total. The first-order valence-electron chi connectivity index (χ1n) is 4.18. The van der Waals surface area contributed by atoms with Crippen LogP contribution >= 0.6 is 0 Å². The SMILES string of the molecule is c1ccc2c(c1)CC[C@@H]1OC21. The Morgan fingerprint density at radius 1 is 1.27 bits per heavy atom. The van der Waals surface area contributed by atoms with Gasteiger partial charge in [-0.1, -0.05) is 24.3 Å². The van der Waals surface area contributed by atoms with Crippen LogP contribution < -0.4 is 0 Å². The van der Waals surface area contributed by atoms with Crippen LogP contribution in [0, 0.1) is 0 Å². The number of fused-ring (bicyclic) bond motifs is 3. The highest BCUT2D eigenvalue weighted by molar-refractivity contribution is 5.35. The summed E-state index contributed by atoms with van der Waals surface area (Å²) in [4.78, 5) is 0. The van der Waals surface area contributed by atoms with Gasteiger partial charge in [0.05, 0.1) is 6.10 Å². The van der Waals surface area contributed by atoms with Crippen LogP contribution in [0.25, 0.3) is 0 Å². The highest BCUT2D eigenvalue weighted by atomic mass is 16.6. The molecule has 1 aliphatic heterocycles. The Bertz CT molecular complexity index is 293. The van der Waals surface area contributed by atoms with E-state index >= 15 is 0 Å². The van der Waals surface area contributed by atoms with Gasteiger partial charge in [0, 0.05) is 0 Å². The van der Waals surface area contributed by atoms with Crippen LogP contribution in [0.2, 0.25) is 0 Å². The van der Waals surface area contributed by atoms with Gasteiger partial charge in [-0.2, -0.15) is 0 Å². The minimum Gasteiger partial charge on any atom is -0.364 e. The molecule has 0 aromatic heterocycles. The van der Waals surface area contributed by atoms with Gasteiger partial charge in [0.1, 0.15) is 6.10 Å². The first kappa shape index (κ1) is 5.78. The minimum absolute atomic E-state index is 0.458. The molecule has 1 nitrogen and oxygen atoms in total. The number of hydrogen-bond donors (Lipinski definition) is 0. The van der Waals surface area contributed by atoms with Crippen molar-refractivity contribution in [1.29, 1.82) is 0 Å². The highest BCUT2D eigenvalue weighted by Gasteiger charge is 2.43. The van der Waals surface area contributed by atoms with Crippen molar-refractivity contribution in [2.75, 3.05) is 0 Å². The summed E-state index contributed by atoms with van der Waals surface area (Å²) in [6, 6.07) is 8.62. The third-order valence-corrected chi connectivity index (χ3v) is 2.64. The Hall–Kier alpha value is -0.820. The van der Waals surface area contributed by atoms with Gasteiger partial charge >= 0.3 is 0 Å². The monoisotopic (exact) mass is 146 g/mol. The summed E-state index contributed by atoms with van der Waals surface area (Å²) in [7, 11) is 0. The molecule has 0 bridgehead atoms. The van der Waals surface area contributed by atoms with Crippen molar-refractivity contribution in [3.05, 3.63) is 35.4 Å². The molecular weight excluding hydrogens is 136 g/mol. The number of benzene rings is 1. The normalized spacial score (nSPS) is 32.4. The minimum atomic E-state index is 0.458. The van der Waals surface area contributed by atoms with E-state index in [0.29, 0.717) is 12.2 Å². The Balaban J connectivity index is 2.14. The quantitative estimate of drug-likeness (QED) is 0.510. The van der Waals surface area contributed by atoms with E-state index < -0.39 is 0 Å². The molecule has 0 amide bonds. The summed E-state index contributed by atoms with van der Waals surface area (Å²) in [5.74, 6) is 0. The zero-order valence-corrected chi connectivity index (χ0v) is 6.29. The van der Waals surface area contributed by atoms with Crippen molar-refractivity contribution in [1.82, 2.24) is 0 Å². The number of hydrogen-bond acceptors (Lipinski definition) is 1. The molecule has 1 heteroatoms. The van der Waals surface area contributed by atoms with Gasteiger partial charge in [-0.25, -0.2) is 0 Å². The van der Waals surface area contributed by atoms with Crippen molar-refractivity contribution in [3.63, 3.8) is 0 Å². The van der Waals surface area contributed by atoms with E-state index in [0.717, 1.165) is 0 Å². The van der Waals surface area contributed by atoms with Gasteiger partial charge in [0.15, 0.2) is 0 Å². The van der Waals surface area contributed by atoms with E-state index in [1.807, 2.05) is 0 Å². The smallest absolute Gasteiger partial charge is 0.109 e. The van der Waals surface area contributed by atoms with Crippen LogP contribution in [0.5, 0.6) is 0 Å². The maximum atomic E-state index is 5.50. The molecule has 2 aliphatic rings. The fraction of sp³-hybridized carbons (Fsp3) is 0.400. The molecule has 11 heavy (non-hydrogen) atoms. The first-order chi connectivity index (χ1) is 5.45. The maximum Gasteiger partial charge on any atom is 0.109 e. The predicted molar refractivity (Wildman–Crippen MR) is 42.4 cm³/mol. The van der Waals surface area contributed by atoms with Gasteiger partial charge in [-0.3, -0.25) is 0 Å². The molecule has 1 aliphatic carbocycles. The van der Waals surface area contributed by atoms with Crippen molar-refractivity contribution in [2.45, 2.75) is 25.0 Å². The van der Waals surface area contributed by atoms with Gasteiger partial charge in [-0.15, -0.1) is 0 Å². The molecule has 1 saturated heterocycles. The molecule has 1 unspecified atom stereocenters. The summed E-state index contributed by atoms with van der Waals surface area (Å²) < 4.78 is 5.50. The second kappa shape index (κ2) is 1.86. The fourth-order valence-corrected chi connectivity index (χ4v) is 1.97. The van der Waals surface area contributed by atoms with E-state index in [1.54, 1.807) is 0 Å². The van der Waals surface area contributed by atoms with E-state index in [-0.39, 0.29) is 0 Å². The molecule has 1 heterocycles. The second-order valence-electron chi connectivity index (χ2n) is 3.33. The lowest BCUT2D eigenvalue weighted by Crippen LogP contribution is -2.03. The second-order valence-corrected chi connectivity index (χ2v) is 3.33. The van der Waals surface area contributed by atoms with Crippen LogP contribution in [0.15, 0.2) is 24.3 Å². The lowest BCUT2D eigenvalue weighted by molar-refractivity contribution is 0.373. The first-order valence-corrected chi connectivity index (χ1v) is 4.18. The molecule has 56 valence electrons. The molecule has 1 aromatic carbocycles. The average Bonchev–Trinajstić information content (AvgIpc) is 2.83. The van der Waals surface area contributed by atoms with Crippen LogP contribution in [0.4, 0.5) is 0 Å². The molecular formula is C10H10O. The van der Waals surface area contributed by atoms with Gasteiger partial charge in [-0.05, 0) is 24.0 Å². The van der Waals surface area contributed by atoms with Crippen LogP contribution in [-0.4, -0.2) is 6.10 Å². The molecule has 0 spiro atoms. The van der Waals surface area contributed by atoms with E-state index in [2.05, 4.69) is 24.3 Å². The lowest BCUT2D eigenvalue weighted by Gasteiger charge is -2.09. The highest BCUT2D eigenvalue weighted by Crippen LogP contribution is 2.46.